The third-order valence-electron chi connectivity index (χ3n) is 9.98. The molecule has 0 aromatic heterocycles. The van der Waals surface area contributed by atoms with Crippen molar-refractivity contribution in [2.24, 2.45) is 35.0 Å². The molecular formula is C28H48O. The van der Waals surface area contributed by atoms with Gasteiger partial charge in [-0.3, -0.25) is 0 Å². The third kappa shape index (κ3) is 5.90. The van der Waals surface area contributed by atoms with Crippen LogP contribution < -0.4 is 0 Å². The van der Waals surface area contributed by atoms with Gasteiger partial charge in [0.25, 0.3) is 0 Å². The highest BCUT2D eigenvalue weighted by molar-refractivity contribution is 4.94. The fraction of sp³-hybridized carbons (Fsp3) is 0.929. The minimum absolute atomic E-state index is 0.0127. The van der Waals surface area contributed by atoms with Crippen molar-refractivity contribution in [3.05, 3.63) is 12.2 Å². The molecule has 166 valence electrons. The quantitative estimate of drug-likeness (QED) is 0.447. The molecule has 4 aliphatic carbocycles. The Morgan fingerprint density at radius 2 is 1.34 bits per heavy atom. The number of aliphatic hydroxyl groups excluding tert-OH is 1. The Bertz CT molecular complexity index is 498. The van der Waals surface area contributed by atoms with Crippen molar-refractivity contribution >= 4 is 0 Å². The molecule has 1 unspecified atom stereocenters. The van der Waals surface area contributed by atoms with Crippen LogP contribution in [0.15, 0.2) is 12.2 Å². The van der Waals surface area contributed by atoms with Crippen molar-refractivity contribution in [2.75, 3.05) is 0 Å². The number of hydrogen-bond donors (Lipinski definition) is 1. The van der Waals surface area contributed by atoms with Crippen LogP contribution in [0.1, 0.15) is 122 Å². The first kappa shape index (κ1) is 21.9. The van der Waals surface area contributed by atoms with E-state index in [-0.39, 0.29) is 6.10 Å². The molecule has 0 spiro atoms. The van der Waals surface area contributed by atoms with Crippen LogP contribution in [0.25, 0.3) is 0 Å². The summed E-state index contributed by atoms with van der Waals surface area (Å²) in [5.41, 5.74) is 0.690. The summed E-state index contributed by atoms with van der Waals surface area (Å²) >= 11 is 0. The molecule has 4 rings (SSSR count). The van der Waals surface area contributed by atoms with Crippen LogP contribution in [0.3, 0.4) is 0 Å². The predicted molar refractivity (Wildman–Crippen MR) is 124 cm³/mol. The number of rotatable bonds is 6. The normalized spacial score (nSPS) is 43.9. The minimum Gasteiger partial charge on any atom is -0.393 e. The van der Waals surface area contributed by atoms with Gasteiger partial charge >= 0.3 is 0 Å². The Morgan fingerprint density at radius 1 is 0.724 bits per heavy atom. The van der Waals surface area contributed by atoms with E-state index in [9.17, 15) is 5.11 Å². The van der Waals surface area contributed by atoms with E-state index in [1.54, 1.807) is 6.42 Å². The lowest BCUT2D eigenvalue weighted by Gasteiger charge is -2.43. The van der Waals surface area contributed by atoms with Gasteiger partial charge in [-0.2, -0.15) is 0 Å². The lowest BCUT2D eigenvalue weighted by Crippen LogP contribution is -2.31. The number of hydrogen-bond acceptors (Lipinski definition) is 1. The highest BCUT2D eigenvalue weighted by Crippen LogP contribution is 2.50. The molecule has 0 aromatic carbocycles. The van der Waals surface area contributed by atoms with Crippen LogP contribution >= 0.6 is 0 Å². The van der Waals surface area contributed by atoms with Crippen LogP contribution in [0.5, 0.6) is 0 Å². The summed E-state index contributed by atoms with van der Waals surface area (Å²) in [4.78, 5) is 0. The zero-order valence-corrected chi connectivity index (χ0v) is 19.3. The molecule has 0 amide bonds. The van der Waals surface area contributed by atoms with E-state index >= 15 is 0 Å². The maximum atomic E-state index is 9.79. The average molecular weight is 401 g/mol. The molecule has 3 saturated carbocycles. The van der Waals surface area contributed by atoms with Gasteiger partial charge in [-0.15, -0.1) is 0 Å². The first-order valence-corrected chi connectivity index (χ1v) is 13.5. The van der Waals surface area contributed by atoms with E-state index < -0.39 is 0 Å². The van der Waals surface area contributed by atoms with Crippen molar-refractivity contribution in [2.45, 2.75) is 129 Å². The topological polar surface area (TPSA) is 20.2 Å². The number of aliphatic hydroxyl groups is 1. The Kier molecular flexibility index (Phi) is 7.81. The molecule has 0 radical (unpaired) electrons. The van der Waals surface area contributed by atoms with E-state index in [0.717, 1.165) is 42.4 Å². The van der Waals surface area contributed by atoms with Gasteiger partial charge in [0.15, 0.2) is 0 Å². The Balaban J connectivity index is 1.17. The van der Waals surface area contributed by atoms with Gasteiger partial charge in [-0.25, -0.2) is 0 Å². The van der Waals surface area contributed by atoms with Crippen LogP contribution in [0, 0.1) is 35.0 Å². The zero-order chi connectivity index (χ0) is 20.1. The second-order valence-corrected chi connectivity index (χ2v) is 11.7. The third-order valence-corrected chi connectivity index (χ3v) is 9.98. The van der Waals surface area contributed by atoms with E-state index in [0.29, 0.717) is 5.41 Å². The fourth-order valence-corrected chi connectivity index (χ4v) is 7.82. The summed E-state index contributed by atoms with van der Waals surface area (Å²) < 4.78 is 0. The van der Waals surface area contributed by atoms with Gasteiger partial charge in [0.2, 0.25) is 0 Å². The van der Waals surface area contributed by atoms with Crippen LogP contribution in [0.4, 0.5) is 0 Å². The maximum absolute atomic E-state index is 9.79. The van der Waals surface area contributed by atoms with Crippen molar-refractivity contribution in [3.8, 4) is 0 Å². The van der Waals surface area contributed by atoms with Gasteiger partial charge in [0, 0.05) is 0 Å². The summed E-state index contributed by atoms with van der Waals surface area (Å²) in [7, 11) is 0. The molecule has 0 heterocycles. The van der Waals surface area contributed by atoms with Crippen molar-refractivity contribution in [1.82, 2.24) is 0 Å². The van der Waals surface area contributed by atoms with E-state index in [1.807, 2.05) is 0 Å². The molecule has 1 heteroatoms. The molecule has 1 atom stereocenters. The summed E-state index contributed by atoms with van der Waals surface area (Å²) in [6.07, 6.45) is 30.3. The van der Waals surface area contributed by atoms with Gasteiger partial charge in [0.1, 0.15) is 0 Å². The molecule has 0 aromatic rings. The summed E-state index contributed by atoms with van der Waals surface area (Å²) in [5.74, 6) is 4.97. The van der Waals surface area contributed by atoms with Crippen LogP contribution in [0.2, 0.25) is 0 Å². The van der Waals surface area contributed by atoms with Crippen molar-refractivity contribution in [3.63, 3.8) is 0 Å². The SMILES string of the molecule is CCC1(CC2CC=CCC2)CCC(CC2CCC(C3CCC(O)CC3)CC2)CC1. The second-order valence-electron chi connectivity index (χ2n) is 11.7. The second kappa shape index (κ2) is 10.3. The van der Waals surface area contributed by atoms with Crippen molar-refractivity contribution < 1.29 is 5.11 Å². The summed E-state index contributed by atoms with van der Waals surface area (Å²) in [5, 5.41) is 9.79. The van der Waals surface area contributed by atoms with Gasteiger partial charge in [-0.1, -0.05) is 38.3 Å². The fourth-order valence-electron chi connectivity index (χ4n) is 7.82. The van der Waals surface area contributed by atoms with Gasteiger partial charge in [-0.05, 0) is 131 Å². The smallest absolute Gasteiger partial charge is 0.0540 e. The molecule has 0 aliphatic heterocycles. The minimum atomic E-state index is 0.0127. The standard InChI is InChI=1S/C28H48O/c1-2-28(21-24-6-4-3-5-7-24)18-16-23(17-19-28)20-22-8-10-25(11-9-22)26-12-14-27(29)15-13-26/h3-4,22-27,29H,2,5-21H2,1H3. The van der Waals surface area contributed by atoms with Gasteiger partial charge < -0.3 is 5.11 Å². The van der Waals surface area contributed by atoms with Crippen LogP contribution in [-0.2, 0) is 0 Å². The highest BCUT2D eigenvalue weighted by Gasteiger charge is 2.37. The lowest BCUT2D eigenvalue weighted by molar-refractivity contribution is 0.0681. The Morgan fingerprint density at radius 3 is 1.93 bits per heavy atom. The van der Waals surface area contributed by atoms with E-state index in [4.69, 9.17) is 0 Å². The molecular weight excluding hydrogens is 352 g/mol. The number of allylic oxidation sites excluding steroid dienone is 2. The highest BCUT2D eigenvalue weighted by atomic mass is 16.3. The van der Waals surface area contributed by atoms with Crippen LogP contribution in [-0.4, -0.2) is 11.2 Å². The van der Waals surface area contributed by atoms with E-state index in [1.165, 1.54) is 96.3 Å². The Labute approximate surface area is 181 Å². The largest absolute Gasteiger partial charge is 0.393 e. The van der Waals surface area contributed by atoms with Crippen molar-refractivity contribution in [1.29, 1.82) is 0 Å². The van der Waals surface area contributed by atoms with E-state index in [2.05, 4.69) is 19.1 Å². The van der Waals surface area contributed by atoms with Gasteiger partial charge in [0.05, 0.1) is 6.10 Å². The monoisotopic (exact) mass is 400 g/mol. The predicted octanol–water partition coefficient (Wildman–Crippen LogP) is 8.07. The molecule has 3 fully saturated rings. The summed E-state index contributed by atoms with van der Waals surface area (Å²) in [6, 6.07) is 0. The Hall–Kier alpha value is -0.300. The first-order valence-electron chi connectivity index (χ1n) is 13.5. The lowest BCUT2D eigenvalue weighted by atomic mass is 9.62. The zero-order valence-electron chi connectivity index (χ0n) is 19.3. The molecule has 1 nitrogen and oxygen atoms in total. The maximum Gasteiger partial charge on any atom is 0.0540 e. The summed E-state index contributed by atoms with van der Waals surface area (Å²) in [6.45, 7) is 2.48. The average Bonchev–Trinajstić information content (AvgIpc) is 2.77. The molecule has 29 heavy (non-hydrogen) atoms. The molecule has 0 saturated heterocycles. The molecule has 0 bridgehead atoms. The molecule has 4 aliphatic rings. The first-order chi connectivity index (χ1) is 14.2. The molecule has 1 N–H and O–H groups in total.